The van der Waals surface area contributed by atoms with E-state index in [1.807, 2.05) is 18.2 Å². The number of nitrogens with zero attached hydrogens (tertiary/aromatic N) is 5. The zero-order valence-electron chi connectivity index (χ0n) is 18.5. The van der Waals surface area contributed by atoms with Crippen LogP contribution in [0.2, 0.25) is 0 Å². The zero-order chi connectivity index (χ0) is 23.5. The van der Waals surface area contributed by atoms with Crippen molar-refractivity contribution in [3.05, 3.63) is 66.0 Å². The highest BCUT2D eigenvalue weighted by atomic mass is 19.1. The second-order valence-corrected chi connectivity index (χ2v) is 7.37. The van der Waals surface area contributed by atoms with Crippen LogP contribution >= 0.6 is 0 Å². The molecule has 10 heteroatoms. The molecule has 0 aliphatic heterocycles. The number of nitrogens with one attached hydrogen (secondary N) is 2. The Morgan fingerprint density at radius 2 is 1.82 bits per heavy atom. The van der Waals surface area contributed by atoms with E-state index in [2.05, 4.69) is 30.7 Å². The molecule has 0 unspecified atom stereocenters. The number of hydrogen-bond donors (Lipinski definition) is 2. The van der Waals surface area contributed by atoms with Crippen LogP contribution in [0.25, 0.3) is 11.4 Å². The Kier molecular flexibility index (Phi) is 5.99. The highest BCUT2D eigenvalue weighted by molar-refractivity contribution is 6.00. The van der Waals surface area contributed by atoms with Crippen molar-refractivity contribution in [2.75, 3.05) is 17.7 Å². The average molecular weight is 447 g/mol. The number of rotatable bonds is 7. The molecule has 3 heterocycles. The van der Waals surface area contributed by atoms with Crippen LogP contribution in [0.3, 0.4) is 0 Å². The van der Waals surface area contributed by atoms with Crippen molar-refractivity contribution < 1.29 is 13.9 Å². The van der Waals surface area contributed by atoms with Crippen LogP contribution in [0.4, 0.5) is 27.4 Å². The van der Waals surface area contributed by atoms with Gasteiger partial charge in [0, 0.05) is 19.3 Å². The molecule has 0 spiro atoms. The second kappa shape index (κ2) is 9.03. The van der Waals surface area contributed by atoms with E-state index < -0.39 is 5.82 Å². The number of ketones is 1. The number of benzene rings is 1. The summed E-state index contributed by atoms with van der Waals surface area (Å²) in [5.41, 5.74) is 2.69. The third-order valence-corrected chi connectivity index (χ3v) is 4.92. The molecule has 4 aromatic rings. The Balaban J connectivity index is 1.71. The zero-order valence-corrected chi connectivity index (χ0v) is 18.5. The summed E-state index contributed by atoms with van der Waals surface area (Å²) in [6, 6.07) is 8.79. The van der Waals surface area contributed by atoms with Crippen LogP contribution < -0.4 is 15.4 Å². The first-order valence-electron chi connectivity index (χ1n) is 10.1. The summed E-state index contributed by atoms with van der Waals surface area (Å²) in [7, 11) is 3.34. The molecular formula is C23H22FN7O2. The number of ether oxygens (including phenoxy) is 1. The van der Waals surface area contributed by atoms with Crippen molar-refractivity contribution in [3.8, 4) is 17.1 Å². The minimum atomic E-state index is -0.392. The molecule has 168 valence electrons. The first-order chi connectivity index (χ1) is 15.9. The average Bonchev–Trinajstić information content (AvgIpc) is 3.22. The van der Waals surface area contributed by atoms with Crippen LogP contribution in [0.5, 0.6) is 5.75 Å². The molecule has 0 saturated carbocycles. The fraction of sp³-hybridized carbons (Fsp3) is 0.174. The molecule has 4 rings (SSSR count). The highest BCUT2D eigenvalue weighted by Gasteiger charge is 2.17. The van der Waals surface area contributed by atoms with Crippen molar-refractivity contribution in [2.24, 2.45) is 7.05 Å². The van der Waals surface area contributed by atoms with Gasteiger partial charge in [-0.05, 0) is 37.6 Å². The Morgan fingerprint density at radius 1 is 1.06 bits per heavy atom. The number of carbonyl (C=O) groups excluding carboxylic acids is 1. The number of anilines is 4. The third kappa shape index (κ3) is 4.64. The summed E-state index contributed by atoms with van der Waals surface area (Å²) in [6.07, 6.45) is 4.22. The third-order valence-electron chi connectivity index (χ3n) is 4.92. The second-order valence-electron chi connectivity index (χ2n) is 7.37. The predicted octanol–water partition coefficient (Wildman–Crippen LogP) is 4.42. The summed E-state index contributed by atoms with van der Waals surface area (Å²) in [4.78, 5) is 24.9. The molecule has 0 saturated heterocycles. The van der Waals surface area contributed by atoms with Crippen molar-refractivity contribution in [2.45, 2.75) is 13.8 Å². The van der Waals surface area contributed by atoms with Gasteiger partial charge in [0.15, 0.2) is 17.4 Å². The van der Waals surface area contributed by atoms with Crippen molar-refractivity contribution >= 4 is 28.8 Å². The van der Waals surface area contributed by atoms with Crippen LogP contribution in [0.1, 0.15) is 22.8 Å². The lowest BCUT2D eigenvalue weighted by molar-refractivity contribution is 0.101. The molecule has 0 atom stereocenters. The Hall–Kier alpha value is -4.34. The Morgan fingerprint density at radius 3 is 2.48 bits per heavy atom. The van der Waals surface area contributed by atoms with Crippen molar-refractivity contribution in [3.63, 3.8) is 0 Å². The highest BCUT2D eigenvalue weighted by Crippen LogP contribution is 2.37. The molecule has 1 aromatic carbocycles. The van der Waals surface area contributed by atoms with Crippen molar-refractivity contribution in [1.29, 1.82) is 0 Å². The maximum Gasteiger partial charge on any atom is 0.184 e. The first kappa shape index (κ1) is 21.9. The summed E-state index contributed by atoms with van der Waals surface area (Å²) in [6.45, 7) is 3.11. The monoisotopic (exact) mass is 447 g/mol. The summed E-state index contributed by atoms with van der Waals surface area (Å²) in [5, 5.41) is 10.7. The largest absolute Gasteiger partial charge is 0.494 e. The van der Waals surface area contributed by atoms with Crippen molar-refractivity contribution in [1.82, 2.24) is 24.7 Å². The maximum atomic E-state index is 13.5. The molecule has 2 N–H and O–H groups in total. The lowest BCUT2D eigenvalue weighted by Gasteiger charge is -2.16. The van der Waals surface area contributed by atoms with Gasteiger partial charge in [-0.15, -0.1) is 0 Å². The molecule has 3 aromatic heterocycles. The fourth-order valence-electron chi connectivity index (χ4n) is 3.29. The topological polar surface area (TPSA) is 107 Å². The minimum Gasteiger partial charge on any atom is -0.494 e. The van der Waals surface area contributed by atoms with Crippen LogP contribution in [0.15, 0.2) is 49.1 Å². The van der Waals surface area contributed by atoms with Gasteiger partial charge < -0.3 is 15.4 Å². The number of hydrogen-bond acceptors (Lipinski definition) is 8. The molecule has 0 aliphatic rings. The van der Waals surface area contributed by atoms with E-state index in [1.165, 1.54) is 13.1 Å². The number of halogens is 1. The number of carbonyl (C=O) groups is 1. The lowest BCUT2D eigenvalue weighted by atomic mass is 10.1. The van der Waals surface area contributed by atoms with Gasteiger partial charge in [-0.2, -0.15) is 5.10 Å². The van der Waals surface area contributed by atoms with E-state index in [9.17, 15) is 9.18 Å². The smallest absolute Gasteiger partial charge is 0.184 e. The Labute approximate surface area is 189 Å². The van der Waals surface area contributed by atoms with Gasteiger partial charge in [0.1, 0.15) is 23.8 Å². The molecule has 33 heavy (non-hydrogen) atoms. The van der Waals surface area contributed by atoms with Gasteiger partial charge in [0.2, 0.25) is 0 Å². The summed E-state index contributed by atoms with van der Waals surface area (Å²) >= 11 is 0. The first-order valence-corrected chi connectivity index (χ1v) is 10.1. The summed E-state index contributed by atoms with van der Waals surface area (Å²) < 4.78 is 20.8. The normalized spacial score (nSPS) is 10.7. The van der Waals surface area contributed by atoms with E-state index in [0.29, 0.717) is 51.3 Å². The predicted molar refractivity (Wildman–Crippen MR) is 123 cm³/mol. The van der Waals surface area contributed by atoms with E-state index in [1.54, 1.807) is 44.2 Å². The number of para-hydroxylation sites is 1. The van der Waals surface area contributed by atoms with Crippen LogP contribution in [-0.2, 0) is 7.05 Å². The van der Waals surface area contributed by atoms with Gasteiger partial charge in [-0.25, -0.2) is 19.3 Å². The molecule has 0 aliphatic carbocycles. The Bertz CT molecular complexity index is 1340. The standard InChI is InChI=1S/C23H22FN7O2/c1-13-8-20(26-11-17(13)24)29-21-9-19(16(10-25-21)14(2)32)28-18-7-5-6-15(22(18)33-4)23-27-12-31(3)30-23/h5-12H,1-4H3,(H2,25,26,28,29). The molecule has 0 fully saturated rings. The summed E-state index contributed by atoms with van der Waals surface area (Å²) in [5.74, 6) is 1.36. The van der Waals surface area contributed by atoms with Crippen LogP contribution in [-0.4, -0.2) is 37.6 Å². The number of Topliss-reactive ketones (excluding diaryl/α,β-unsaturated/α-hetero) is 1. The number of methoxy groups -OCH3 is 1. The number of aromatic nitrogens is 5. The quantitative estimate of drug-likeness (QED) is 0.401. The van der Waals surface area contributed by atoms with Gasteiger partial charge >= 0.3 is 0 Å². The van der Waals surface area contributed by atoms with E-state index in [-0.39, 0.29) is 5.78 Å². The molecular weight excluding hydrogens is 425 g/mol. The van der Waals surface area contributed by atoms with Crippen LogP contribution in [0, 0.1) is 12.7 Å². The van der Waals surface area contributed by atoms with Gasteiger partial charge in [-0.3, -0.25) is 9.48 Å². The van der Waals surface area contributed by atoms with E-state index >= 15 is 0 Å². The minimum absolute atomic E-state index is 0.159. The SMILES string of the molecule is COc1c(Nc2cc(Nc3cc(C)c(F)cn3)ncc2C(C)=O)cccc1-c1ncn(C)n1. The molecule has 9 nitrogen and oxygen atoms in total. The lowest BCUT2D eigenvalue weighted by Crippen LogP contribution is -2.05. The molecule has 0 amide bonds. The maximum absolute atomic E-state index is 13.5. The van der Waals surface area contributed by atoms with E-state index in [0.717, 1.165) is 6.20 Å². The fourth-order valence-corrected chi connectivity index (χ4v) is 3.29. The molecule has 0 radical (unpaired) electrons. The number of aryl methyl sites for hydroxylation is 2. The van der Waals surface area contributed by atoms with Gasteiger partial charge in [0.05, 0.1) is 35.8 Å². The molecule has 0 bridgehead atoms. The van der Waals surface area contributed by atoms with Gasteiger partial charge in [0.25, 0.3) is 0 Å². The van der Waals surface area contributed by atoms with Gasteiger partial charge in [-0.1, -0.05) is 6.07 Å². The number of pyridine rings is 2. The van der Waals surface area contributed by atoms with E-state index in [4.69, 9.17) is 4.74 Å².